The average Bonchev–Trinajstić information content (AvgIpc) is 3.45. The van der Waals surface area contributed by atoms with Gasteiger partial charge in [-0.25, -0.2) is 9.97 Å². The van der Waals surface area contributed by atoms with Gasteiger partial charge in [-0.05, 0) is 49.7 Å². The van der Waals surface area contributed by atoms with Gasteiger partial charge in [0.15, 0.2) is 6.79 Å². The SMILES string of the molecule is COCOc1cc2nn(C)cc2cc1-c1ccc2nc(N3CCN4CCCC4C3)ccc2n1. The highest BCUT2D eigenvalue weighted by Gasteiger charge is 2.31. The number of fused-ring (bicyclic) bond motifs is 3. The van der Waals surface area contributed by atoms with Crippen LogP contribution in [-0.2, 0) is 11.8 Å². The third-order valence-electron chi connectivity index (χ3n) is 6.77. The Labute approximate surface area is 192 Å². The predicted molar refractivity (Wildman–Crippen MR) is 129 cm³/mol. The van der Waals surface area contributed by atoms with Crippen LogP contribution in [-0.4, -0.2) is 70.8 Å². The molecule has 8 heteroatoms. The Hall–Kier alpha value is -3.23. The molecule has 170 valence electrons. The number of hydrogen-bond acceptors (Lipinski definition) is 7. The molecule has 4 aromatic rings. The summed E-state index contributed by atoms with van der Waals surface area (Å²) in [6.07, 6.45) is 4.61. The van der Waals surface area contributed by atoms with Crippen molar-refractivity contribution in [3.05, 3.63) is 42.6 Å². The summed E-state index contributed by atoms with van der Waals surface area (Å²) in [5, 5.41) is 5.54. The summed E-state index contributed by atoms with van der Waals surface area (Å²) in [7, 11) is 3.53. The van der Waals surface area contributed by atoms with E-state index in [1.807, 2.05) is 25.4 Å². The zero-order valence-electron chi connectivity index (χ0n) is 19.1. The van der Waals surface area contributed by atoms with E-state index in [0.29, 0.717) is 11.8 Å². The van der Waals surface area contributed by atoms with E-state index in [1.165, 1.54) is 19.4 Å². The highest BCUT2D eigenvalue weighted by atomic mass is 16.7. The van der Waals surface area contributed by atoms with E-state index in [0.717, 1.165) is 58.6 Å². The van der Waals surface area contributed by atoms with Crippen LogP contribution in [0.15, 0.2) is 42.6 Å². The molecule has 2 aliphatic rings. The van der Waals surface area contributed by atoms with Gasteiger partial charge in [0.1, 0.15) is 11.6 Å². The maximum Gasteiger partial charge on any atom is 0.188 e. The molecule has 2 saturated heterocycles. The Morgan fingerprint density at radius 3 is 2.79 bits per heavy atom. The summed E-state index contributed by atoms with van der Waals surface area (Å²) in [5.41, 5.74) is 4.41. The maximum absolute atomic E-state index is 5.87. The molecule has 0 bridgehead atoms. The minimum atomic E-state index is 0.165. The largest absolute Gasteiger partial charge is 0.467 e. The molecule has 3 aromatic heterocycles. The van der Waals surface area contributed by atoms with Crippen LogP contribution in [0.25, 0.3) is 33.2 Å². The minimum absolute atomic E-state index is 0.165. The quantitative estimate of drug-likeness (QED) is 0.437. The number of anilines is 1. The minimum Gasteiger partial charge on any atom is -0.467 e. The summed E-state index contributed by atoms with van der Waals surface area (Å²) in [5.74, 6) is 1.75. The van der Waals surface area contributed by atoms with E-state index >= 15 is 0 Å². The Kier molecular flexibility index (Phi) is 5.11. The fraction of sp³-hybridized carbons (Fsp3) is 0.400. The van der Waals surface area contributed by atoms with Crippen LogP contribution < -0.4 is 9.64 Å². The molecule has 1 atom stereocenters. The fourth-order valence-corrected chi connectivity index (χ4v) is 5.14. The molecule has 0 aliphatic carbocycles. The smallest absolute Gasteiger partial charge is 0.188 e. The van der Waals surface area contributed by atoms with Crippen molar-refractivity contribution in [1.29, 1.82) is 0 Å². The summed E-state index contributed by atoms with van der Waals surface area (Å²) in [6, 6.07) is 13.0. The predicted octanol–water partition coefficient (Wildman–Crippen LogP) is 3.45. The van der Waals surface area contributed by atoms with Gasteiger partial charge < -0.3 is 14.4 Å². The molecular formula is C25H28N6O2. The molecule has 2 fully saturated rings. The third kappa shape index (κ3) is 3.79. The van der Waals surface area contributed by atoms with Crippen molar-refractivity contribution in [1.82, 2.24) is 24.6 Å². The average molecular weight is 445 g/mol. The Balaban J connectivity index is 1.34. The van der Waals surface area contributed by atoms with Crippen molar-refractivity contribution in [3.63, 3.8) is 0 Å². The Morgan fingerprint density at radius 1 is 1.00 bits per heavy atom. The number of aryl methyl sites for hydroxylation is 1. The highest BCUT2D eigenvalue weighted by Crippen LogP contribution is 2.34. The number of methoxy groups -OCH3 is 1. The van der Waals surface area contributed by atoms with Gasteiger partial charge in [-0.15, -0.1) is 0 Å². The topological polar surface area (TPSA) is 68.5 Å². The van der Waals surface area contributed by atoms with E-state index < -0.39 is 0 Å². The van der Waals surface area contributed by atoms with Gasteiger partial charge in [0.2, 0.25) is 0 Å². The number of piperazine rings is 1. The van der Waals surface area contributed by atoms with E-state index in [2.05, 4.69) is 39.2 Å². The molecule has 0 saturated carbocycles. The van der Waals surface area contributed by atoms with Gasteiger partial charge >= 0.3 is 0 Å². The molecule has 0 radical (unpaired) electrons. The van der Waals surface area contributed by atoms with Crippen LogP contribution in [0.3, 0.4) is 0 Å². The first-order valence-electron chi connectivity index (χ1n) is 11.5. The van der Waals surface area contributed by atoms with Gasteiger partial charge in [0.25, 0.3) is 0 Å². The number of rotatable bonds is 5. The molecule has 0 spiro atoms. The zero-order chi connectivity index (χ0) is 22.4. The molecule has 8 nitrogen and oxygen atoms in total. The van der Waals surface area contributed by atoms with E-state index in [-0.39, 0.29) is 6.79 Å². The van der Waals surface area contributed by atoms with E-state index in [4.69, 9.17) is 19.4 Å². The normalized spacial score (nSPS) is 18.8. The van der Waals surface area contributed by atoms with Gasteiger partial charge in [-0.2, -0.15) is 5.10 Å². The second kappa shape index (κ2) is 8.28. The van der Waals surface area contributed by atoms with Gasteiger partial charge in [0, 0.05) is 63.0 Å². The monoisotopic (exact) mass is 444 g/mol. The number of aromatic nitrogens is 4. The van der Waals surface area contributed by atoms with Crippen LogP contribution in [0.4, 0.5) is 5.82 Å². The molecule has 6 rings (SSSR count). The standard InChI is InChI=1S/C25H28N6O2/c1-29-14-17-12-19(24(33-16-32-2)13-23(17)28-29)20-5-6-22-21(26-20)7-8-25(27-22)31-11-10-30-9-3-4-18(30)15-31/h5-8,12-14,18H,3-4,9-11,15-16H2,1-2H3. The number of benzene rings is 1. The first-order valence-corrected chi connectivity index (χ1v) is 11.5. The highest BCUT2D eigenvalue weighted by molar-refractivity contribution is 5.89. The Morgan fingerprint density at radius 2 is 1.88 bits per heavy atom. The third-order valence-corrected chi connectivity index (χ3v) is 6.77. The molecule has 1 aromatic carbocycles. The lowest BCUT2D eigenvalue weighted by Crippen LogP contribution is -2.50. The van der Waals surface area contributed by atoms with Crippen LogP contribution in [0.2, 0.25) is 0 Å². The molecule has 0 N–H and O–H groups in total. The summed E-state index contributed by atoms with van der Waals surface area (Å²) in [4.78, 5) is 14.9. The lowest BCUT2D eigenvalue weighted by molar-refractivity contribution is 0.0516. The molecular weight excluding hydrogens is 416 g/mol. The van der Waals surface area contributed by atoms with Crippen molar-refractivity contribution in [2.24, 2.45) is 7.05 Å². The van der Waals surface area contributed by atoms with Crippen molar-refractivity contribution >= 4 is 27.8 Å². The van der Waals surface area contributed by atoms with Gasteiger partial charge in [-0.1, -0.05) is 0 Å². The number of ether oxygens (including phenoxy) is 2. The second-order valence-electron chi connectivity index (χ2n) is 8.94. The molecule has 1 unspecified atom stereocenters. The zero-order valence-corrected chi connectivity index (χ0v) is 19.1. The lowest BCUT2D eigenvalue weighted by Gasteiger charge is -2.38. The first kappa shape index (κ1) is 20.4. The molecule has 2 aliphatic heterocycles. The van der Waals surface area contributed by atoms with Crippen molar-refractivity contribution in [2.45, 2.75) is 18.9 Å². The van der Waals surface area contributed by atoms with E-state index in [1.54, 1.807) is 11.8 Å². The van der Waals surface area contributed by atoms with Crippen LogP contribution in [0.5, 0.6) is 5.75 Å². The maximum atomic E-state index is 5.87. The van der Waals surface area contributed by atoms with Gasteiger partial charge in [0.05, 0.1) is 22.2 Å². The van der Waals surface area contributed by atoms with Crippen molar-refractivity contribution < 1.29 is 9.47 Å². The van der Waals surface area contributed by atoms with Crippen LogP contribution >= 0.6 is 0 Å². The summed E-state index contributed by atoms with van der Waals surface area (Å²) in [6.45, 7) is 4.64. The molecule has 0 amide bonds. The molecule has 33 heavy (non-hydrogen) atoms. The number of hydrogen-bond donors (Lipinski definition) is 0. The van der Waals surface area contributed by atoms with Crippen LogP contribution in [0.1, 0.15) is 12.8 Å². The second-order valence-corrected chi connectivity index (χ2v) is 8.94. The number of pyridine rings is 2. The molecule has 5 heterocycles. The van der Waals surface area contributed by atoms with Gasteiger partial charge in [-0.3, -0.25) is 9.58 Å². The van der Waals surface area contributed by atoms with Crippen molar-refractivity contribution in [3.8, 4) is 17.0 Å². The summed E-state index contributed by atoms with van der Waals surface area (Å²) >= 11 is 0. The summed E-state index contributed by atoms with van der Waals surface area (Å²) < 4.78 is 12.8. The lowest BCUT2D eigenvalue weighted by atomic mass is 10.1. The van der Waals surface area contributed by atoms with E-state index in [9.17, 15) is 0 Å². The Bertz CT molecular complexity index is 1320. The van der Waals surface area contributed by atoms with Crippen LogP contribution in [0, 0.1) is 0 Å². The number of nitrogens with zero attached hydrogens (tertiary/aromatic N) is 6. The first-order chi connectivity index (χ1) is 16.2. The fourth-order valence-electron chi connectivity index (χ4n) is 5.14. The van der Waals surface area contributed by atoms with Crippen molar-refractivity contribution in [2.75, 3.05) is 45.0 Å².